The fraction of sp³-hybridized carbons (Fsp3) is 0.182. The van der Waals surface area contributed by atoms with Gasteiger partial charge >= 0.3 is 0 Å². The molecule has 62 valence electrons. The van der Waals surface area contributed by atoms with E-state index in [1.807, 2.05) is 19.9 Å². The molecule has 0 aliphatic heterocycles. The second kappa shape index (κ2) is 3.86. The van der Waals surface area contributed by atoms with Gasteiger partial charge in [-0.1, -0.05) is 18.7 Å². The Morgan fingerprint density at radius 3 is 2.58 bits per heavy atom. The van der Waals surface area contributed by atoms with E-state index < -0.39 is 0 Å². The SMILES string of the molecule is C=Cc1nccc(=CC)c1=CC. The van der Waals surface area contributed by atoms with Crippen LogP contribution in [-0.4, -0.2) is 4.98 Å². The minimum absolute atomic E-state index is 0.952. The predicted octanol–water partition coefficient (Wildman–Crippen LogP) is 1.33. The zero-order valence-corrected chi connectivity index (χ0v) is 7.54. The molecule has 1 rings (SSSR count). The lowest BCUT2D eigenvalue weighted by atomic mass is 10.2. The Bertz CT molecular complexity index is 388. The maximum atomic E-state index is 4.21. The summed E-state index contributed by atoms with van der Waals surface area (Å²) in [5.74, 6) is 0. The van der Waals surface area contributed by atoms with E-state index in [-0.39, 0.29) is 0 Å². The monoisotopic (exact) mass is 159 g/mol. The Hall–Kier alpha value is -1.37. The minimum atomic E-state index is 0.952. The third-order valence-corrected chi connectivity index (χ3v) is 1.85. The van der Waals surface area contributed by atoms with E-state index in [9.17, 15) is 0 Å². The van der Waals surface area contributed by atoms with Gasteiger partial charge in [-0.15, -0.1) is 0 Å². The summed E-state index contributed by atoms with van der Waals surface area (Å²) in [6.07, 6.45) is 7.71. The summed E-state index contributed by atoms with van der Waals surface area (Å²) >= 11 is 0. The highest BCUT2D eigenvalue weighted by atomic mass is 14.7. The van der Waals surface area contributed by atoms with Crippen LogP contribution in [0.1, 0.15) is 19.5 Å². The number of aromatic nitrogens is 1. The molecule has 0 aromatic carbocycles. The van der Waals surface area contributed by atoms with Gasteiger partial charge in [0.15, 0.2) is 0 Å². The molecule has 0 aliphatic rings. The molecule has 0 saturated heterocycles. The fourth-order valence-electron chi connectivity index (χ4n) is 1.23. The summed E-state index contributed by atoms with van der Waals surface area (Å²) < 4.78 is 0. The van der Waals surface area contributed by atoms with Gasteiger partial charge < -0.3 is 0 Å². The summed E-state index contributed by atoms with van der Waals surface area (Å²) in [6.45, 7) is 7.75. The molecule has 0 saturated carbocycles. The van der Waals surface area contributed by atoms with Gasteiger partial charge in [-0.05, 0) is 31.2 Å². The molecule has 1 nitrogen and oxygen atoms in total. The van der Waals surface area contributed by atoms with Crippen molar-refractivity contribution in [3.05, 3.63) is 35.0 Å². The summed E-state index contributed by atoms with van der Waals surface area (Å²) in [5, 5.41) is 2.37. The number of hydrogen-bond acceptors (Lipinski definition) is 1. The zero-order valence-electron chi connectivity index (χ0n) is 7.54. The molecular formula is C11H13N. The topological polar surface area (TPSA) is 12.9 Å². The number of hydrogen-bond donors (Lipinski definition) is 0. The molecule has 0 bridgehead atoms. The van der Waals surface area contributed by atoms with Crippen molar-refractivity contribution in [2.24, 2.45) is 0 Å². The average Bonchev–Trinajstić information content (AvgIpc) is 2.16. The molecule has 0 unspecified atom stereocenters. The Kier molecular flexibility index (Phi) is 2.81. The van der Waals surface area contributed by atoms with Crippen molar-refractivity contribution in [2.45, 2.75) is 13.8 Å². The maximum Gasteiger partial charge on any atom is 0.0698 e. The minimum Gasteiger partial charge on any atom is -0.256 e. The number of pyridine rings is 1. The first-order chi connectivity index (χ1) is 5.83. The lowest BCUT2D eigenvalue weighted by Crippen LogP contribution is -2.27. The molecule has 0 radical (unpaired) electrons. The normalized spacial score (nSPS) is 13.5. The number of nitrogens with zero attached hydrogens (tertiary/aromatic N) is 1. The van der Waals surface area contributed by atoms with Gasteiger partial charge in [-0.3, -0.25) is 4.98 Å². The van der Waals surface area contributed by atoms with Gasteiger partial charge in [-0.25, -0.2) is 0 Å². The van der Waals surface area contributed by atoms with Crippen molar-refractivity contribution in [2.75, 3.05) is 0 Å². The quantitative estimate of drug-likeness (QED) is 0.602. The van der Waals surface area contributed by atoms with Crippen LogP contribution in [-0.2, 0) is 0 Å². The van der Waals surface area contributed by atoms with Crippen molar-refractivity contribution >= 4 is 18.2 Å². The average molecular weight is 159 g/mol. The van der Waals surface area contributed by atoms with Crippen LogP contribution in [0.25, 0.3) is 18.2 Å². The van der Waals surface area contributed by atoms with Crippen LogP contribution in [0.5, 0.6) is 0 Å². The molecule has 0 N–H and O–H groups in total. The molecule has 1 aromatic rings. The molecule has 0 spiro atoms. The molecule has 1 heterocycles. The van der Waals surface area contributed by atoms with Crippen LogP contribution in [0.15, 0.2) is 18.8 Å². The van der Waals surface area contributed by atoms with E-state index in [0.29, 0.717) is 0 Å². The smallest absolute Gasteiger partial charge is 0.0698 e. The highest BCUT2D eigenvalue weighted by molar-refractivity contribution is 5.46. The van der Waals surface area contributed by atoms with Gasteiger partial charge in [0.1, 0.15) is 0 Å². The molecule has 0 amide bonds. The van der Waals surface area contributed by atoms with Crippen LogP contribution >= 0.6 is 0 Å². The van der Waals surface area contributed by atoms with Crippen LogP contribution in [0.3, 0.4) is 0 Å². The summed E-state index contributed by atoms with van der Waals surface area (Å²) in [4.78, 5) is 4.21. The summed E-state index contributed by atoms with van der Waals surface area (Å²) in [5.41, 5.74) is 0.952. The number of rotatable bonds is 1. The van der Waals surface area contributed by atoms with E-state index >= 15 is 0 Å². The molecule has 0 fully saturated rings. The maximum absolute atomic E-state index is 4.21. The van der Waals surface area contributed by atoms with E-state index in [0.717, 1.165) is 10.9 Å². The Morgan fingerprint density at radius 1 is 1.33 bits per heavy atom. The Labute approximate surface area is 72.8 Å². The van der Waals surface area contributed by atoms with Gasteiger partial charge in [0.05, 0.1) is 5.69 Å². The van der Waals surface area contributed by atoms with Gasteiger partial charge in [0, 0.05) is 11.4 Å². The first-order valence-electron chi connectivity index (χ1n) is 4.03. The van der Waals surface area contributed by atoms with Gasteiger partial charge in [0.2, 0.25) is 0 Å². The van der Waals surface area contributed by atoms with E-state index in [1.165, 1.54) is 5.22 Å². The van der Waals surface area contributed by atoms with Crippen molar-refractivity contribution in [1.29, 1.82) is 0 Å². The molecule has 1 aromatic heterocycles. The van der Waals surface area contributed by atoms with Crippen LogP contribution < -0.4 is 10.4 Å². The standard InChI is InChI=1S/C11H13N/c1-4-9-7-8-12-11(6-3)10(9)5-2/h4-8H,3H2,1-2H3. The lowest BCUT2D eigenvalue weighted by Gasteiger charge is -1.94. The van der Waals surface area contributed by atoms with E-state index in [4.69, 9.17) is 0 Å². The largest absolute Gasteiger partial charge is 0.256 e. The van der Waals surface area contributed by atoms with Crippen molar-refractivity contribution < 1.29 is 0 Å². The Morgan fingerprint density at radius 2 is 2.08 bits per heavy atom. The second-order valence-corrected chi connectivity index (χ2v) is 2.48. The molecule has 12 heavy (non-hydrogen) atoms. The fourth-order valence-corrected chi connectivity index (χ4v) is 1.23. The highest BCUT2D eigenvalue weighted by Crippen LogP contribution is 1.83. The molecule has 0 atom stereocenters. The molecule has 0 aliphatic carbocycles. The predicted molar refractivity (Wildman–Crippen MR) is 53.9 cm³/mol. The van der Waals surface area contributed by atoms with Gasteiger partial charge in [-0.2, -0.15) is 0 Å². The first-order valence-corrected chi connectivity index (χ1v) is 4.03. The third-order valence-electron chi connectivity index (χ3n) is 1.85. The van der Waals surface area contributed by atoms with Crippen molar-refractivity contribution in [1.82, 2.24) is 4.98 Å². The summed E-state index contributed by atoms with van der Waals surface area (Å²) in [7, 11) is 0. The van der Waals surface area contributed by atoms with Crippen LogP contribution in [0, 0.1) is 0 Å². The van der Waals surface area contributed by atoms with Gasteiger partial charge in [0.25, 0.3) is 0 Å². The van der Waals surface area contributed by atoms with Crippen LogP contribution in [0.2, 0.25) is 0 Å². The first kappa shape index (κ1) is 8.72. The van der Waals surface area contributed by atoms with E-state index in [1.54, 1.807) is 12.3 Å². The van der Waals surface area contributed by atoms with Crippen LogP contribution in [0.4, 0.5) is 0 Å². The van der Waals surface area contributed by atoms with Crippen molar-refractivity contribution in [3.8, 4) is 0 Å². The Balaban J connectivity index is 3.67. The molecule has 1 heteroatoms. The molecular weight excluding hydrogens is 146 g/mol. The second-order valence-electron chi connectivity index (χ2n) is 2.48. The van der Waals surface area contributed by atoms with Crippen molar-refractivity contribution in [3.63, 3.8) is 0 Å². The third kappa shape index (κ3) is 1.45. The summed E-state index contributed by atoms with van der Waals surface area (Å²) in [6, 6.07) is 2.00. The van der Waals surface area contributed by atoms with E-state index in [2.05, 4.69) is 23.7 Å². The zero-order chi connectivity index (χ0) is 8.97. The highest BCUT2D eigenvalue weighted by Gasteiger charge is 1.89. The lowest BCUT2D eigenvalue weighted by molar-refractivity contribution is 1.24.